The molecule has 1 aromatic carbocycles. The Hall–Kier alpha value is -1.84. The van der Waals surface area contributed by atoms with E-state index in [-0.39, 0.29) is 23.0 Å². The number of carbonyl (C=O) groups excluding carboxylic acids is 2. The van der Waals surface area contributed by atoms with Crippen molar-refractivity contribution in [2.24, 2.45) is 11.7 Å². The van der Waals surface area contributed by atoms with Crippen LogP contribution in [0.1, 0.15) is 47.4 Å². The van der Waals surface area contributed by atoms with Crippen LogP contribution in [0.4, 0.5) is 5.69 Å². The van der Waals surface area contributed by atoms with E-state index >= 15 is 0 Å². The molecule has 4 heteroatoms. The van der Waals surface area contributed by atoms with Gasteiger partial charge >= 0.3 is 0 Å². The van der Waals surface area contributed by atoms with Crippen LogP contribution in [0.2, 0.25) is 0 Å². The lowest BCUT2D eigenvalue weighted by atomic mass is 9.93. The molecule has 0 radical (unpaired) electrons. The van der Waals surface area contributed by atoms with Crippen LogP contribution in [0.25, 0.3) is 0 Å². The average Bonchev–Trinajstić information content (AvgIpc) is 2.28. The Morgan fingerprint density at radius 1 is 1.29 bits per heavy atom. The Balaban J connectivity index is 3.10. The summed E-state index contributed by atoms with van der Waals surface area (Å²) in [5, 5.41) is 0. The van der Waals surface area contributed by atoms with Crippen LogP contribution < -0.4 is 11.5 Å². The van der Waals surface area contributed by atoms with Gasteiger partial charge < -0.3 is 11.5 Å². The number of ketones is 1. The minimum absolute atomic E-state index is 0.0348. The Morgan fingerprint density at radius 3 is 2.41 bits per heavy atom. The molecule has 0 heterocycles. The van der Waals surface area contributed by atoms with Gasteiger partial charge in [-0.2, -0.15) is 0 Å². The van der Waals surface area contributed by atoms with E-state index in [0.29, 0.717) is 5.56 Å². The summed E-state index contributed by atoms with van der Waals surface area (Å²) in [5.74, 6) is -0.738. The Kier molecular flexibility index (Phi) is 4.26. The molecule has 4 N–H and O–H groups in total. The van der Waals surface area contributed by atoms with E-state index in [4.69, 9.17) is 11.5 Å². The second-order valence-corrected chi connectivity index (χ2v) is 4.19. The summed E-state index contributed by atoms with van der Waals surface area (Å²) in [4.78, 5) is 23.2. The fourth-order valence-corrected chi connectivity index (χ4v) is 1.82. The third-order valence-corrected chi connectivity index (χ3v) is 2.81. The van der Waals surface area contributed by atoms with E-state index in [1.165, 1.54) is 6.07 Å². The molecule has 0 aliphatic heterocycles. The average molecular weight is 234 g/mol. The summed E-state index contributed by atoms with van der Waals surface area (Å²) >= 11 is 0. The van der Waals surface area contributed by atoms with Crippen molar-refractivity contribution in [1.82, 2.24) is 0 Å². The van der Waals surface area contributed by atoms with Crippen molar-refractivity contribution in [3.63, 3.8) is 0 Å². The summed E-state index contributed by atoms with van der Waals surface area (Å²) in [5.41, 5.74) is 11.8. The van der Waals surface area contributed by atoms with Gasteiger partial charge in [0.15, 0.2) is 5.78 Å². The lowest BCUT2D eigenvalue weighted by Gasteiger charge is -2.12. The first-order valence-corrected chi connectivity index (χ1v) is 5.71. The largest absolute Gasteiger partial charge is 0.397 e. The molecular formula is C13H18N2O2. The maximum atomic E-state index is 12.1. The van der Waals surface area contributed by atoms with Gasteiger partial charge in [-0.15, -0.1) is 0 Å². The second-order valence-electron chi connectivity index (χ2n) is 4.19. The van der Waals surface area contributed by atoms with Gasteiger partial charge in [0.2, 0.25) is 0 Å². The predicted octanol–water partition coefficient (Wildman–Crippen LogP) is 1.99. The summed E-state index contributed by atoms with van der Waals surface area (Å²) in [6.07, 6.45) is 1.74. The highest BCUT2D eigenvalue weighted by Crippen LogP contribution is 2.22. The molecule has 0 saturated carbocycles. The molecule has 0 bridgehead atoms. The third kappa shape index (κ3) is 2.84. The van der Waals surface area contributed by atoms with Crippen molar-refractivity contribution in [2.75, 3.05) is 5.73 Å². The first-order valence-electron chi connectivity index (χ1n) is 5.71. The maximum Gasteiger partial charge on any atom is 0.250 e. The molecular weight excluding hydrogens is 216 g/mol. The van der Waals surface area contributed by atoms with Crippen molar-refractivity contribution in [3.8, 4) is 0 Å². The van der Waals surface area contributed by atoms with Crippen LogP contribution >= 0.6 is 0 Å². The molecule has 0 fully saturated rings. The number of benzene rings is 1. The first kappa shape index (κ1) is 13.2. The molecule has 17 heavy (non-hydrogen) atoms. The second kappa shape index (κ2) is 5.48. The first-order chi connectivity index (χ1) is 7.99. The number of Topliss-reactive ketones (excluding diaryl/α,β-unsaturated/α-hetero) is 1. The molecule has 0 aromatic heterocycles. The van der Waals surface area contributed by atoms with Crippen LogP contribution in [0.3, 0.4) is 0 Å². The van der Waals surface area contributed by atoms with E-state index < -0.39 is 5.91 Å². The number of hydrogen-bond donors (Lipinski definition) is 2. The topological polar surface area (TPSA) is 86.2 Å². The van der Waals surface area contributed by atoms with Crippen molar-refractivity contribution >= 4 is 17.4 Å². The van der Waals surface area contributed by atoms with E-state index in [0.717, 1.165) is 12.8 Å². The van der Waals surface area contributed by atoms with Crippen molar-refractivity contribution in [2.45, 2.75) is 26.7 Å². The zero-order valence-corrected chi connectivity index (χ0v) is 10.2. The lowest BCUT2D eigenvalue weighted by molar-refractivity contribution is 0.0924. The van der Waals surface area contributed by atoms with E-state index in [9.17, 15) is 9.59 Å². The van der Waals surface area contributed by atoms with Gasteiger partial charge in [0, 0.05) is 11.5 Å². The SMILES string of the molecule is CCCC(C)C(=O)c1cccc(C(N)=O)c1N. The van der Waals surface area contributed by atoms with Gasteiger partial charge in [-0.3, -0.25) is 9.59 Å². The van der Waals surface area contributed by atoms with Gasteiger partial charge in [0.25, 0.3) is 5.91 Å². The van der Waals surface area contributed by atoms with E-state index in [1.54, 1.807) is 12.1 Å². The summed E-state index contributed by atoms with van der Waals surface area (Å²) < 4.78 is 0. The Labute approximate surface area is 101 Å². The smallest absolute Gasteiger partial charge is 0.250 e. The molecule has 1 atom stereocenters. The Morgan fingerprint density at radius 2 is 1.88 bits per heavy atom. The highest BCUT2D eigenvalue weighted by atomic mass is 16.1. The number of nitrogen functional groups attached to an aromatic ring is 1. The number of primary amides is 1. The van der Waals surface area contributed by atoms with Crippen LogP contribution in [-0.4, -0.2) is 11.7 Å². The molecule has 1 aromatic rings. The summed E-state index contributed by atoms with van der Waals surface area (Å²) in [7, 11) is 0. The maximum absolute atomic E-state index is 12.1. The van der Waals surface area contributed by atoms with Crippen LogP contribution in [-0.2, 0) is 0 Å². The molecule has 1 rings (SSSR count). The molecule has 0 spiro atoms. The number of hydrogen-bond acceptors (Lipinski definition) is 3. The Bertz CT molecular complexity index is 441. The van der Waals surface area contributed by atoms with Crippen molar-refractivity contribution in [3.05, 3.63) is 29.3 Å². The van der Waals surface area contributed by atoms with Crippen LogP contribution in [0, 0.1) is 5.92 Å². The fourth-order valence-electron chi connectivity index (χ4n) is 1.82. The van der Waals surface area contributed by atoms with Gasteiger partial charge in [0.1, 0.15) is 0 Å². The van der Waals surface area contributed by atoms with E-state index in [2.05, 4.69) is 0 Å². The molecule has 0 aliphatic rings. The van der Waals surface area contributed by atoms with Crippen molar-refractivity contribution < 1.29 is 9.59 Å². The van der Waals surface area contributed by atoms with Gasteiger partial charge in [-0.1, -0.05) is 26.3 Å². The third-order valence-electron chi connectivity index (χ3n) is 2.81. The lowest BCUT2D eigenvalue weighted by Crippen LogP contribution is -2.18. The normalized spacial score (nSPS) is 12.1. The molecule has 1 unspecified atom stereocenters. The molecule has 0 aliphatic carbocycles. The number of amides is 1. The van der Waals surface area contributed by atoms with Crippen molar-refractivity contribution in [1.29, 1.82) is 0 Å². The zero-order valence-electron chi connectivity index (χ0n) is 10.2. The number of para-hydroxylation sites is 1. The zero-order chi connectivity index (χ0) is 13.0. The molecule has 4 nitrogen and oxygen atoms in total. The minimum Gasteiger partial charge on any atom is -0.397 e. The number of anilines is 1. The molecule has 0 saturated heterocycles. The molecule has 92 valence electrons. The standard InChI is InChI=1S/C13H18N2O2/c1-3-5-8(2)12(16)9-6-4-7-10(11(9)14)13(15)17/h4,6-8H,3,5,14H2,1-2H3,(H2,15,17). The van der Waals surface area contributed by atoms with Gasteiger partial charge in [0.05, 0.1) is 11.3 Å². The number of rotatable bonds is 5. The minimum atomic E-state index is -0.611. The number of nitrogens with two attached hydrogens (primary N) is 2. The fraction of sp³-hybridized carbons (Fsp3) is 0.385. The van der Waals surface area contributed by atoms with Gasteiger partial charge in [-0.25, -0.2) is 0 Å². The molecule has 1 amide bonds. The number of carbonyl (C=O) groups is 2. The van der Waals surface area contributed by atoms with Crippen LogP contribution in [0.15, 0.2) is 18.2 Å². The van der Waals surface area contributed by atoms with E-state index in [1.807, 2.05) is 13.8 Å². The van der Waals surface area contributed by atoms with Crippen LogP contribution in [0.5, 0.6) is 0 Å². The summed E-state index contributed by atoms with van der Waals surface area (Å²) in [6.45, 7) is 3.88. The predicted molar refractivity (Wildman–Crippen MR) is 67.8 cm³/mol. The monoisotopic (exact) mass is 234 g/mol. The highest BCUT2D eigenvalue weighted by molar-refractivity contribution is 6.08. The van der Waals surface area contributed by atoms with Gasteiger partial charge in [-0.05, 0) is 18.6 Å². The highest BCUT2D eigenvalue weighted by Gasteiger charge is 2.19. The summed E-state index contributed by atoms with van der Waals surface area (Å²) in [6, 6.07) is 4.79. The quantitative estimate of drug-likeness (QED) is 0.603.